The first kappa shape index (κ1) is 28.7. The number of ether oxygens (including phenoxy) is 2. The molecule has 2 heterocycles. The van der Waals surface area contributed by atoms with Crippen LogP contribution in [-0.4, -0.2) is 29.1 Å². The van der Waals surface area contributed by atoms with Crippen LogP contribution in [0.15, 0.2) is 82.3 Å². The molecular weight excluding hydrogens is 620 g/mol. The van der Waals surface area contributed by atoms with Crippen LogP contribution in [0.25, 0.3) is 0 Å². The first-order valence-corrected chi connectivity index (χ1v) is 12.8. The van der Waals surface area contributed by atoms with Gasteiger partial charge in [-0.15, -0.1) is 0 Å². The molecule has 2 aromatic heterocycles. The van der Waals surface area contributed by atoms with Crippen LogP contribution in [-0.2, 0) is 13.1 Å². The van der Waals surface area contributed by atoms with E-state index in [4.69, 9.17) is 15.2 Å². The van der Waals surface area contributed by atoms with Crippen molar-refractivity contribution in [3.8, 4) is 11.5 Å². The zero-order valence-electron chi connectivity index (χ0n) is 20.7. The standard InChI is InChI=1S/C13H12BrN3O3.C13H14BrN3O/c1-20-10-4-2-9(3-5-10)7-15-11-6-13(14)16-8-12(11)17(18)19;1-18-10-4-2-9(3-5-10)7-16-12-6-13(14)17-8-11(12)15/h2-6,8H,7H2,1H3,(H,15,16);2-6,8H,7,15H2,1H3,(H,16,17). The normalized spacial score (nSPS) is 10.1. The zero-order chi connectivity index (χ0) is 27.5. The quantitative estimate of drug-likeness (QED) is 0.107. The monoisotopic (exact) mass is 644 g/mol. The van der Waals surface area contributed by atoms with Gasteiger partial charge in [-0.1, -0.05) is 24.3 Å². The lowest BCUT2D eigenvalue weighted by molar-refractivity contribution is -0.384. The molecule has 4 rings (SSSR count). The summed E-state index contributed by atoms with van der Waals surface area (Å²) >= 11 is 6.52. The van der Waals surface area contributed by atoms with Crippen LogP contribution < -0.4 is 25.8 Å². The number of pyridine rings is 2. The van der Waals surface area contributed by atoms with Crippen molar-refractivity contribution in [1.29, 1.82) is 0 Å². The van der Waals surface area contributed by atoms with E-state index in [2.05, 4.69) is 52.5 Å². The predicted octanol–water partition coefficient (Wildman–Crippen LogP) is 6.42. The molecule has 0 spiro atoms. The van der Waals surface area contributed by atoms with Gasteiger partial charge in [0.25, 0.3) is 0 Å². The van der Waals surface area contributed by atoms with Gasteiger partial charge in [-0.2, -0.15) is 0 Å². The maximum Gasteiger partial charge on any atom is 0.310 e. The molecule has 0 aliphatic rings. The van der Waals surface area contributed by atoms with E-state index in [9.17, 15) is 10.1 Å². The van der Waals surface area contributed by atoms with E-state index in [0.29, 0.717) is 29.1 Å². The first-order chi connectivity index (χ1) is 18.3. The van der Waals surface area contributed by atoms with Crippen molar-refractivity contribution < 1.29 is 14.4 Å². The number of nitro groups is 1. The van der Waals surface area contributed by atoms with Gasteiger partial charge in [-0.05, 0) is 73.3 Å². The number of nitrogens with two attached hydrogens (primary N) is 1. The van der Waals surface area contributed by atoms with E-state index in [1.54, 1.807) is 26.5 Å². The van der Waals surface area contributed by atoms with Crippen LogP contribution in [0.1, 0.15) is 11.1 Å². The van der Waals surface area contributed by atoms with E-state index in [-0.39, 0.29) is 5.69 Å². The van der Waals surface area contributed by atoms with Gasteiger partial charge in [0.2, 0.25) is 0 Å². The van der Waals surface area contributed by atoms with E-state index < -0.39 is 4.92 Å². The minimum atomic E-state index is -0.463. The van der Waals surface area contributed by atoms with Crippen molar-refractivity contribution in [3.63, 3.8) is 0 Å². The second-order valence-electron chi connectivity index (χ2n) is 7.78. The molecule has 0 aliphatic heterocycles. The number of hydrogen-bond donors (Lipinski definition) is 3. The molecule has 4 N–H and O–H groups in total. The summed E-state index contributed by atoms with van der Waals surface area (Å²) in [5.41, 5.74) is 9.85. The molecule has 10 nitrogen and oxygen atoms in total. The molecule has 0 saturated heterocycles. The molecule has 0 bridgehead atoms. The number of hydrogen-bond acceptors (Lipinski definition) is 9. The Labute approximate surface area is 237 Å². The Balaban J connectivity index is 0.000000212. The molecule has 0 radical (unpaired) electrons. The maximum absolute atomic E-state index is 10.9. The van der Waals surface area contributed by atoms with Crippen molar-refractivity contribution in [2.45, 2.75) is 13.1 Å². The number of rotatable bonds is 9. The van der Waals surface area contributed by atoms with E-state index in [1.807, 2.05) is 54.6 Å². The average molecular weight is 646 g/mol. The molecule has 12 heteroatoms. The minimum Gasteiger partial charge on any atom is -0.497 e. The van der Waals surface area contributed by atoms with E-state index >= 15 is 0 Å². The molecular formula is C26H26Br2N6O4. The number of nitrogens with zero attached hydrogens (tertiary/aromatic N) is 3. The molecule has 0 atom stereocenters. The Hall–Kier alpha value is -3.90. The van der Waals surface area contributed by atoms with Crippen LogP contribution in [0.5, 0.6) is 11.5 Å². The van der Waals surface area contributed by atoms with Crippen LogP contribution in [0.3, 0.4) is 0 Å². The summed E-state index contributed by atoms with van der Waals surface area (Å²) in [4.78, 5) is 18.4. The SMILES string of the molecule is COc1ccc(CNc2cc(Br)ncc2N)cc1.COc1ccc(CNc2cc(Br)ncc2[N+](=O)[O-])cc1. The predicted molar refractivity (Wildman–Crippen MR) is 156 cm³/mol. The van der Waals surface area contributed by atoms with Crippen LogP contribution in [0, 0.1) is 10.1 Å². The van der Waals surface area contributed by atoms with E-state index in [1.165, 1.54) is 6.20 Å². The number of benzene rings is 2. The molecule has 0 fully saturated rings. The summed E-state index contributed by atoms with van der Waals surface area (Å²) in [7, 11) is 3.26. The van der Waals surface area contributed by atoms with Crippen molar-refractivity contribution in [1.82, 2.24) is 9.97 Å². The topological polar surface area (TPSA) is 137 Å². The van der Waals surface area contributed by atoms with Crippen molar-refractivity contribution in [2.75, 3.05) is 30.6 Å². The molecule has 2 aromatic carbocycles. The molecule has 198 valence electrons. The Morgan fingerprint density at radius 3 is 1.74 bits per heavy atom. The van der Waals surface area contributed by atoms with Gasteiger partial charge >= 0.3 is 5.69 Å². The number of nitrogen functional groups attached to an aromatic ring is 1. The molecule has 0 saturated carbocycles. The second-order valence-corrected chi connectivity index (χ2v) is 9.40. The first-order valence-electron chi connectivity index (χ1n) is 11.2. The highest BCUT2D eigenvalue weighted by molar-refractivity contribution is 9.10. The highest BCUT2D eigenvalue weighted by Crippen LogP contribution is 2.26. The number of aromatic nitrogens is 2. The molecule has 0 amide bonds. The highest BCUT2D eigenvalue weighted by Gasteiger charge is 2.14. The number of anilines is 3. The maximum atomic E-state index is 10.9. The van der Waals surface area contributed by atoms with Crippen LogP contribution in [0.2, 0.25) is 0 Å². The summed E-state index contributed by atoms with van der Waals surface area (Å²) in [5, 5.41) is 17.2. The second kappa shape index (κ2) is 14.1. The lowest BCUT2D eigenvalue weighted by Crippen LogP contribution is -2.03. The summed E-state index contributed by atoms with van der Waals surface area (Å²) in [6, 6.07) is 18.8. The lowest BCUT2D eigenvalue weighted by atomic mass is 10.2. The van der Waals surface area contributed by atoms with Gasteiger partial charge < -0.3 is 25.8 Å². The van der Waals surface area contributed by atoms with Crippen molar-refractivity contribution >= 4 is 54.6 Å². The summed E-state index contributed by atoms with van der Waals surface area (Å²) in [5.74, 6) is 1.62. The van der Waals surface area contributed by atoms with Gasteiger partial charge in [0, 0.05) is 19.2 Å². The van der Waals surface area contributed by atoms with E-state index in [0.717, 1.165) is 32.9 Å². The Bertz CT molecular complexity index is 1360. The smallest absolute Gasteiger partial charge is 0.310 e. The Morgan fingerprint density at radius 2 is 1.26 bits per heavy atom. The molecule has 38 heavy (non-hydrogen) atoms. The molecule has 4 aromatic rings. The average Bonchev–Trinajstić information content (AvgIpc) is 2.93. The third kappa shape index (κ3) is 8.60. The fraction of sp³-hybridized carbons (Fsp3) is 0.154. The Morgan fingerprint density at radius 1 is 0.816 bits per heavy atom. The van der Waals surface area contributed by atoms with Gasteiger partial charge in [-0.25, -0.2) is 9.97 Å². The third-order valence-corrected chi connectivity index (χ3v) is 6.10. The third-order valence-electron chi connectivity index (χ3n) is 5.23. The van der Waals surface area contributed by atoms with Gasteiger partial charge in [0.1, 0.15) is 32.6 Å². The number of nitrogens with one attached hydrogen (secondary N) is 2. The fourth-order valence-electron chi connectivity index (χ4n) is 3.18. The largest absolute Gasteiger partial charge is 0.497 e. The molecule has 0 aliphatic carbocycles. The fourth-order valence-corrected chi connectivity index (χ4v) is 3.85. The lowest BCUT2D eigenvalue weighted by Gasteiger charge is -2.09. The molecule has 0 unspecified atom stereocenters. The van der Waals surface area contributed by atoms with Crippen LogP contribution in [0.4, 0.5) is 22.7 Å². The van der Waals surface area contributed by atoms with Gasteiger partial charge in [0.15, 0.2) is 0 Å². The summed E-state index contributed by atoms with van der Waals surface area (Å²) in [6.07, 6.45) is 2.85. The Kier molecular flexibility index (Phi) is 10.7. The van der Waals surface area contributed by atoms with Crippen LogP contribution >= 0.6 is 31.9 Å². The van der Waals surface area contributed by atoms with Crippen molar-refractivity contribution in [2.24, 2.45) is 0 Å². The van der Waals surface area contributed by atoms with Gasteiger partial charge in [-0.3, -0.25) is 10.1 Å². The van der Waals surface area contributed by atoms with Crippen molar-refractivity contribution in [3.05, 3.63) is 104 Å². The summed E-state index contributed by atoms with van der Waals surface area (Å²) in [6.45, 7) is 1.17. The highest BCUT2D eigenvalue weighted by atomic mass is 79.9. The number of halogens is 2. The minimum absolute atomic E-state index is 0.0540. The number of methoxy groups -OCH3 is 2. The zero-order valence-corrected chi connectivity index (χ0v) is 23.8. The van der Waals surface area contributed by atoms with Gasteiger partial charge in [0.05, 0.1) is 36.7 Å². The summed E-state index contributed by atoms with van der Waals surface area (Å²) < 4.78 is 11.5.